The second kappa shape index (κ2) is 4.18. The second-order valence-electron chi connectivity index (χ2n) is 3.90. The first-order valence-corrected chi connectivity index (χ1v) is 5.30. The highest BCUT2D eigenvalue weighted by atomic mass is 16.3. The Morgan fingerprint density at radius 2 is 2.06 bits per heavy atom. The fourth-order valence-electron chi connectivity index (χ4n) is 1.91. The zero-order valence-corrected chi connectivity index (χ0v) is 9.69. The number of aryl methyl sites for hydroxylation is 2. The maximum Gasteiger partial charge on any atom is 0.261 e. The van der Waals surface area contributed by atoms with Crippen LogP contribution in [-0.2, 0) is 9.59 Å². The van der Waals surface area contributed by atoms with Gasteiger partial charge >= 0.3 is 0 Å². The summed E-state index contributed by atoms with van der Waals surface area (Å²) < 4.78 is 5.33. The molecule has 2 heterocycles. The second-order valence-corrected chi connectivity index (χ2v) is 3.90. The summed E-state index contributed by atoms with van der Waals surface area (Å²) in [5.74, 6) is 0.533. The SMILES string of the molecule is Cc1cc(C2=CC(=O)N(CCO)C2=O)c(C)o1. The quantitative estimate of drug-likeness (QED) is 0.780. The highest BCUT2D eigenvalue weighted by Gasteiger charge is 2.32. The van der Waals surface area contributed by atoms with Gasteiger partial charge in [0.25, 0.3) is 11.8 Å². The van der Waals surface area contributed by atoms with Gasteiger partial charge in [-0.3, -0.25) is 14.5 Å². The van der Waals surface area contributed by atoms with Crippen molar-refractivity contribution in [2.75, 3.05) is 13.2 Å². The van der Waals surface area contributed by atoms with Crippen LogP contribution in [-0.4, -0.2) is 35.0 Å². The Morgan fingerprint density at radius 3 is 2.59 bits per heavy atom. The van der Waals surface area contributed by atoms with E-state index in [1.807, 2.05) is 0 Å². The summed E-state index contributed by atoms with van der Waals surface area (Å²) in [5.41, 5.74) is 0.971. The molecule has 1 N–H and O–H groups in total. The van der Waals surface area contributed by atoms with E-state index in [1.165, 1.54) is 6.08 Å². The Bertz CT molecular complexity index is 513. The molecule has 17 heavy (non-hydrogen) atoms. The number of amides is 2. The topological polar surface area (TPSA) is 70.8 Å². The molecule has 0 unspecified atom stereocenters. The normalized spacial score (nSPS) is 15.7. The van der Waals surface area contributed by atoms with E-state index < -0.39 is 5.91 Å². The zero-order valence-electron chi connectivity index (χ0n) is 9.69. The summed E-state index contributed by atoms with van der Waals surface area (Å²) in [6.07, 6.45) is 1.29. The van der Waals surface area contributed by atoms with Crippen LogP contribution in [0, 0.1) is 13.8 Å². The Kier molecular flexibility index (Phi) is 2.85. The van der Waals surface area contributed by atoms with Gasteiger partial charge in [-0.15, -0.1) is 0 Å². The van der Waals surface area contributed by atoms with Gasteiger partial charge < -0.3 is 9.52 Å². The first kappa shape index (κ1) is 11.6. The average molecular weight is 235 g/mol. The van der Waals surface area contributed by atoms with Crippen molar-refractivity contribution in [1.29, 1.82) is 0 Å². The number of furan rings is 1. The summed E-state index contributed by atoms with van der Waals surface area (Å²) in [4.78, 5) is 24.5. The molecule has 90 valence electrons. The molecular weight excluding hydrogens is 222 g/mol. The molecule has 0 bridgehead atoms. The lowest BCUT2D eigenvalue weighted by Gasteiger charge is -2.12. The van der Waals surface area contributed by atoms with Crippen LogP contribution in [0.1, 0.15) is 17.1 Å². The van der Waals surface area contributed by atoms with Gasteiger partial charge in [-0.1, -0.05) is 0 Å². The minimum absolute atomic E-state index is 0.0214. The van der Waals surface area contributed by atoms with Crippen molar-refractivity contribution in [2.45, 2.75) is 13.8 Å². The molecule has 0 aliphatic carbocycles. The minimum atomic E-state index is -0.391. The van der Waals surface area contributed by atoms with Crippen LogP contribution < -0.4 is 0 Å². The van der Waals surface area contributed by atoms with Crippen molar-refractivity contribution in [2.24, 2.45) is 0 Å². The molecule has 5 heteroatoms. The molecule has 0 fully saturated rings. The first-order chi connectivity index (χ1) is 8.04. The monoisotopic (exact) mass is 235 g/mol. The van der Waals surface area contributed by atoms with Crippen LogP contribution in [0.25, 0.3) is 5.57 Å². The van der Waals surface area contributed by atoms with Gasteiger partial charge in [0, 0.05) is 11.6 Å². The molecule has 0 atom stereocenters. The molecule has 0 saturated heterocycles. The molecule has 1 aliphatic heterocycles. The van der Waals surface area contributed by atoms with E-state index in [-0.39, 0.29) is 19.1 Å². The van der Waals surface area contributed by atoms with Gasteiger partial charge in [-0.05, 0) is 19.9 Å². The van der Waals surface area contributed by atoms with Crippen molar-refractivity contribution < 1.29 is 19.1 Å². The molecule has 2 amide bonds. The summed E-state index contributed by atoms with van der Waals surface area (Å²) in [6, 6.07) is 1.73. The highest BCUT2D eigenvalue weighted by molar-refractivity contribution is 6.33. The Morgan fingerprint density at radius 1 is 1.35 bits per heavy atom. The Labute approximate surface area is 98.3 Å². The van der Waals surface area contributed by atoms with Gasteiger partial charge in [0.15, 0.2) is 0 Å². The van der Waals surface area contributed by atoms with Crippen LogP contribution in [0.3, 0.4) is 0 Å². The third kappa shape index (κ3) is 1.89. The van der Waals surface area contributed by atoms with Gasteiger partial charge in [0.1, 0.15) is 11.5 Å². The predicted molar refractivity (Wildman–Crippen MR) is 60.0 cm³/mol. The number of β-amino-alcohol motifs (C(OH)–C–C–N with tert-alkyl or cyclic N) is 1. The Hall–Kier alpha value is -1.88. The molecule has 5 nitrogen and oxygen atoms in total. The molecule has 0 aromatic carbocycles. The predicted octanol–water partition coefficient (Wildman–Crippen LogP) is 0.641. The lowest BCUT2D eigenvalue weighted by atomic mass is 10.1. The van der Waals surface area contributed by atoms with Gasteiger partial charge in [0.2, 0.25) is 0 Å². The van der Waals surface area contributed by atoms with Gasteiger partial charge in [0.05, 0.1) is 18.7 Å². The fourth-order valence-corrected chi connectivity index (χ4v) is 1.91. The van der Waals surface area contributed by atoms with E-state index in [9.17, 15) is 9.59 Å². The number of carbonyl (C=O) groups excluding carboxylic acids is 2. The fraction of sp³-hybridized carbons (Fsp3) is 0.333. The molecule has 0 saturated carbocycles. The molecule has 0 radical (unpaired) electrons. The molecule has 1 aromatic rings. The van der Waals surface area contributed by atoms with Crippen molar-refractivity contribution in [3.8, 4) is 0 Å². The largest absolute Gasteiger partial charge is 0.466 e. The molecule has 0 spiro atoms. The van der Waals surface area contributed by atoms with E-state index in [0.717, 1.165) is 4.90 Å². The van der Waals surface area contributed by atoms with Gasteiger partial charge in [-0.2, -0.15) is 0 Å². The Balaban J connectivity index is 2.36. The van der Waals surface area contributed by atoms with Crippen molar-refractivity contribution >= 4 is 17.4 Å². The average Bonchev–Trinajstić information content (AvgIpc) is 2.72. The number of hydrogen-bond acceptors (Lipinski definition) is 4. The molecule has 1 aromatic heterocycles. The zero-order chi connectivity index (χ0) is 12.6. The van der Waals surface area contributed by atoms with Gasteiger partial charge in [-0.25, -0.2) is 0 Å². The number of nitrogens with zero attached hydrogens (tertiary/aromatic N) is 1. The van der Waals surface area contributed by atoms with Crippen LogP contribution >= 0.6 is 0 Å². The number of hydrogen-bond donors (Lipinski definition) is 1. The third-order valence-electron chi connectivity index (χ3n) is 2.66. The molecule has 2 rings (SSSR count). The smallest absolute Gasteiger partial charge is 0.261 e. The van der Waals surface area contributed by atoms with Crippen LogP contribution in [0.4, 0.5) is 0 Å². The van der Waals surface area contributed by atoms with E-state index in [0.29, 0.717) is 22.7 Å². The van der Waals surface area contributed by atoms with Crippen LogP contribution in [0.15, 0.2) is 16.6 Å². The van der Waals surface area contributed by atoms with Crippen molar-refractivity contribution in [3.63, 3.8) is 0 Å². The number of carbonyl (C=O) groups is 2. The highest BCUT2D eigenvalue weighted by Crippen LogP contribution is 2.28. The van der Waals surface area contributed by atoms with E-state index in [1.54, 1.807) is 19.9 Å². The standard InChI is InChI=1S/C12H13NO4/c1-7-5-9(8(2)17-7)10-6-11(15)13(3-4-14)12(10)16/h5-6,14H,3-4H2,1-2H3. The van der Waals surface area contributed by atoms with E-state index in [2.05, 4.69) is 0 Å². The third-order valence-corrected chi connectivity index (χ3v) is 2.66. The van der Waals surface area contributed by atoms with E-state index in [4.69, 9.17) is 9.52 Å². The molecule has 1 aliphatic rings. The van der Waals surface area contributed by atoms with Crippen molar-refractivity contribution in [1.82, 2.24) is 4.90 Å². The number of imide groups is 1. The van der Waals surface area contributed by atoms with E-state index >= 15 is 0 Å². The lowest BCUT2D eigenvalue weighted by Crippen LogP contribution is -2.33. The molecular formula is C12H13NO4. The van der Waals surface area contributed by atoms with Crippen LogP contribution in [0.2, 0.25) is 0 Å². The first-order valence-electron chi connectivity index (χ1n) is 5.30. The number of aliphatic hydroxyl groups is 1. The van der Waals surface area contributed by atoms with Crippen LogP contribution in [0.5, 0.6) is 0 Å². The number of aliphatic hydroxyl groups excluding tert-OH is 1. The maximum atomic E-state index is 12.0. The maximum absolute atomic E-state index is 12.0. The summed E-state index contributed by atoms with van der Waals surface area (Å²) in [7, 11) is 0. The summed E-state index contributed by atoms with van der Waals surface area (Å²) in [5, 5.41) is 8.79. The summed E-state index contributed by atoms with van der Waals surface area (Å²) >= 11 is 0. The van der Waals surface area contributed by atoms with Crippen molar-refractivity contribution in [3.05, 3.63) is 29.2 Å². The lowest BCUT2D eigenvalue weighted by molar-refractivity contribution is -0.136. The summed E-state index contributed by atoms with van der Waals surface area (Å²) in [6.45, 7) is 3.31. The minimum Gasteiger partial charge on any atom is -0.466 e. The number of rotatable bonds is 3.